The van der Waals surface area contributed by atoms with Crippen molar-refractivity contribution in [2.75, 3.05) is 6.61 Å². The highest BCUT2D eigenvalue weighted by Crippen LogP contribution is 2.30. The Bertz CT molecular complexity index is 429. The highest BCUT2D eigenvalue weighted by Gasteiger charge is 2.19. The van der Waals surface area contributed by atoms with E-state index in [4.69, 9.17) is 16.3 Å². The summed E-state index contributed by atoms with van der Waals surface area (Å²) in [4.78, 5) is 14.8. The summed E-state index contributed by atoms with van der Waals surface area (Å²) in [5.41, 5.74) is -0.275. The molecule has 0 aliphatic rings. The summed E-state index contributed by atoms with van der Waals surface area (Å²) in [6, 6.07) is 1.42. The Labute approximate surface area is 110 Å². The molecule has 0 saturated heterocycles. The Morgan fingerprint density at radius 1 is 1.65 bits per heavy atom. The molecule has 17 heavy (non-hydrogen) atoms. The molecular formula is C10H9BrClF2NO2. The van der Waals surface area contributed by atoms with E-state index in [9.17, 15) is 13.6 Å². The fourth-order valence-corrected chi connectivity index (χ4v) is 1.92. The first-order valence-electron chi connectivity index (χ1n) is 4.74. The maximum Gasteiger partial charge on any atom is 0.310 e. The molecule has 94 valence electrons. The molecular weight excluding hydrogens is 319 g/mol. The number of esters is 1. The number of carbonyl (C=O) groups excluding carboxylic acids is 1. The third-order valence-corrected chi connectivity index (χ3v) is 2.72. The monoisotopic (exact) mass is 327 g/mol. The van der Waals surface area contributed by atoms with Crippen molar-refractivity contribution in [2.45, 2.75) is 19.8 Å². The lowest BCUT2D eigenvalue weighted by atomic mass is 10.1. The van der Waals surface area contributed by atoms with E-state index in [1.165, 1.54) is 6.07 Å². The second-order valence-corrected chi connectivity index (χ2v) is 4.28. The summed E-state index contributed by atoms with van der Waals surface area (Å²) >= 11 is 8.74. The minimum atomic E-state index is -2.79. The number of rotatable bonds is 4. The third kappa shape index (κ3) is 3.89. The number of hydrogen-bond donors (Lipinski definition) is 0. The van der Waals surface area contributed by atoms with Crippen LogP contribution in [0.3, 0.4) is 0 Å². The van der Waals surface area contributed by atoms with Gasteiger partial charge in [-0.25, -0.2) is 13.8 Å². The van der Waals surface area contributed by atoms with E-state index in [0.717, 1.165) is 0 Å². The van der Waals surface area contributed by atoms with Gasteiger partial charge in [0, 0.05) is 0 Å². The van der Waals surface area contributed by atoms with Crippen LogP contribution >= 0.6 is 27.5 Å². The largest absolute Gasteiger partial charge is 0.466 e. The fourth-order valence-electron chi connectivity index (χ4n) is 1.21. The van der Waals surface area contributed by atoms with Crippen LogP contribution < -0.4 is 0 Å². The number of carbonyl (C=O) groups is 1. The van der Waals surface area contributed by atoms with Crippen molar-refractivity contribution in [2.24, 2.45) is 0 Å². The van der Waals surface area contributed by atoms with E-state index in [-0.39, 0.29) is 28.2 Å². The van der Waals surface area contributed by atoms with Gasteiger partial charge >= 0.3 is 5.97 Å². The van der Waals surface area contributed by atoms with Gasteiger partial charge in [0.05, 0.1) is 18.1 Å². The van der Waals surface area contributed by atoms with E-state index < -0.39 is 18.1 Å². The average Bonchev–Trinajstić information content (AvgIpc) is 2.22. The number of hydrogen-bond acceptors (Lipinski definition) is 3. The first-order valence-corrected chi connectivity index (χ1v) is 5.91. The zero-order valence-corrected chi connectivity index (χ0v) is 11.2. The van der Waals surface area contributed by atoms with Crippen molar-refractivity contribution < 1.29 is 18.3 Å². The van der Waals surface area contributed by atoms with Crippen molar-refractivity contribution in [3.05, 3.63) is 26.9 Å². The van der Waals surface area contributed by atoms with Gasteiger partial charge in [0.1, 0.15) is 10.3 Å². The van der Waals surface area contributed by atoms with Crippen LogP contribution in [0.15, 0.2) is 10.7 Å². The number of nitrogens with zero attached hydrogens (tertiary/aromatic N) is 1. The number of ether oxygens (including phenoxy) is 1. The molecule has 0 amide bonds. The van der Waals surface area contributed by atoms with Gasteiger partial charge in [-0.3, -0.25) is 4.79 Å². The molecule has 0 radical (unpaired) electrons. The van der Waals surface area contributed by atoms with Crippen LogP contribution in [0.4, 0.5) is 8.78 Å². The van der Waals surface area contributed by atoms with Crippen LogP contribution in [0, 0.1) is 0 Å². The van der Waals surface area contributed by atoms with E-state index >= 15 is 0 Å². The van der Waals surface area contributed by atoms with Crippen LogP contribution in [-0.2, 0) is 16.0 Å². The molecule has 1 rings (SSSR count). The van der Waals surface area contributed by atoms with Gasteiger partial charge in [0.25, 0.3) is 6.43 Å². The Morgan fingerprint density at radius 2 is 2.29 bits per heavy atom. The summed E-state index contributed by atoms with van der Waals surface area (Å²) in [5, 5.41) is -0.198. The van der Waals surface area contributed by atoms with Crippen LogP contribution in [0.1, 0.15) is 24.6 Å². The maximum atomic E-state index is 12.6. The highest BCUT2D eigenvalue weighted by molar-refractivity contribution is 9.10. The van der Waals surface area contributed by atoms with Crippen molar-refractivity contribution in [3.63, 3.8) is 0 Å². The SMILES string of the molecule is CCOC(=O)Cc1cc(Br)nc(C(F)F)c1Cl. The fraction of sp³-hybridized carbons (Fsp3) is 0.400. The molecule has 0 atom stereocenters. The summed E-state index contributed by atoms with van der Waals surface area (Å²) in [7, 11) is 0. The predicted octanol–water partition coefficient (Wildman–Crippen LogP) is 3.54. The van der Waals surface area contributed by atoms with Gasteiger partial charge in [-0.05, 0) is 34.5 Å². The van der Waals surface area contributed by atoms with Gasteiger partial charge in [-0.1, -0.05) is 11.6 Å². The molecule has 0 aliphatic heterocycles. The molecule has 0 bridgehead atoms. The molecule has 1 aromatic heterocycles. The predicted molar refractivity (Wildman–Crippen MR) is 62.2 cm³/mol. The molecule has 7 heteroatoms. The van der Waals surface area contributed by atoms with Gasteiger partial charge < -0.3 is 4.74 Å². The van der Waals surface area contributed by atoms with Gasteiger partial charge in [-0.15, -0.1) is 0 Å². The Balaban J connectivity index is 3.03. The van der Waals surface area contributed by atoms with E-state index in [1.54, 1.807) is 6.92 Å². The van der Waals surface area contributed by atoms with E-state index in [0.29, 0.717) is 0 Å². The third-order valence-electron chi connectivity index (χ3n) is 1.87. The van der Waals surface area contributed by atoms with Gasteiger partial charge in [0.2, 0.25) is 0 Å². The number of halogens is 4. The first kappa shape index (κ1) is 14.3. The lowest BCUT2D eigenvalue weighted by Gasteiger charge is -2.09. The summed E-state index contributed by atoms with van der Waals surface area (Å²) in [6.45, 7) is 1.89. The molecule has 0 fully saturated rings. The van der Waals surface area contributed by atoms with Crippen LogP contribution in [0.2, 0.25) is 5.02 Å². The van der Waals surface area contributed by atoms with Crippen molar-refractivity contribution in [3.8, 4) is 0 Å². The molecule has 0 aliphatic carbocycles. The van der Waals surface area contributed by atoms with Crippen LogP contribution in [0.25, 0.3) is 0 Å². The molecule has 0 unspecified atom stereocenters. The summed E-state index contributed by atoms with van der Waals surface area (Å²) in [5.74, 6) is -0.521. The molecule has 0 saturated carbocycles. The normalized spacial score (nSPS) is 10.7. The van der Waals surface area contributed by atoms with Crippen molar-refractivity contribution in [1.29, 1.82) is 0 Å². The standard InChI is InChI=1S/C10H9BrClF2NO2/c1-2-17-7(16)4-5-3-6(11)15-9(8(5)12)10(13)14/h3,10H,2,4H2,1H3. The van der Waals surface area contributed by atoms with E-state index in [2.05, 4.69) is 20.9 Å². The molecule has 0 aromatic carbocycles. The number of pyridine rings is 1. The zero-order chi connectivity index (χ0) is 13.0. The number of alkyl halides is 2. The first-order chi connectivity index (χ1) is 7.95. The lowest BCUT2D eigenvalue weighted by Crippen LogP contribution is -2.09. The summed E-state index contributed by atoms with van der Waals surface area (Å²) in [6.07, 6.45) is -2.95. The summed E-state index contributed by atoms with van der Waals surface area (Å²) < 4.78 is 30.1. The average molecular weight is 329 g/mol. The second kappa shape index (κ2) is 6.26. The minimum Gasteiger partial charge on any atom is -0.466 e. The molecule has 1 heterocycles. The van der Waals surface area contributed by atoms with E-state index in [1.807, 2.05) is 0 Å². The smallest absolute Gasteiger partial charge is 0.310 e. The zero-order valence-electron chi connectivity index (χ0n) is 8.84. The van der Waals surface area contributed by atoms with Crippen LogP contribution in [0.5, 0.6) is 0 Å². The molecule has 0 spiro atoms. The lowest BCUT2D eigenvalue weighted by molar-refractivity contribution is -0.142. The van der Waals surface area contributed by atoms with Crippen molar-refractivity contribution in [1.82, 2.24) is 4.98 Å². The molecule has 0 N–H and O–H groups in total. The molecule has 3 nitrogen and oxygen atoms in total. The highest BCUT2D eigenvalue weighted by atomic mass is 79.9. The van der Waals surface area contributed by atoms with Crippen LogP contribution in [-0.4, -0.2) is 17.6 Å². The molecule has 1 aromatic rings. The van der Waals surface area contributed by atoms with Crippen molar-refractivity contribution >= 4 is 33.5 Å². The topological polar surface area (TPSA) is 39.2 Å². The Hall–Kier alpha value is -0.750. The maximum absolute atomic E-state index is 12.6. The Kier molecular flexibility index (Phi) is 5.27. The Morgan fingerprint density at radius 3 is 2.82 bits per heavy atom. The minimum absolute atomic E-state index is 0.159. The number of aromatic nitrogens is 1. The second-order valence-electron chi connectivity index (χ2n) is 3.09. The van der Waals surface area contributed by atoms with Gasteiger partial charge in [0.15, 0.2) is 0 Å². The van der Waals surface area contributed by atoms with Gasteiger partial charge in [-0.2, -0.15) is 0 Å². The quantitative estimate of drug-likeness (QED) is 0.627.